The third-order valence-electron chi connectivity index (χ3n) is 2.91. The van der Waals surface area contributed by atoms with E-state index in [-0.39, 0.29) is 0 Å². The standard InChI is InChI=1S/C13H31N3/c1-11(2)10-16(8-7-15(5)6)13(9-14)12(3)4/h11-13H,7-10,14H2,1-6H3. The second-order valence-electron chi connectivity index (χ2n) is 5.74. The van der Waals surface area contributed by atoms with Crippen LogP contribution in [0.4, 0.5) is 0 Å². The third kappa shape index (κ3) is 6.46. The summed E-state index contributed by atoms with van der Waals surface area (Å²) in [5, 5.41) is 0. The fourth-order valence-electron chi connectivity index (χ4n) is 2.03. The van der Waals surface area contributed by atoms with Crippen molar-refractivity contribution in [2.75, 3.05) is 40.3 Å². The summed E-state index contributed by atoms with van der Waals surface area (Å²) in [5.74, 6) is 1.33. The lowest BCUT2D eigenvalue weighted by molar-refractivity contribution is 0.131. The zero-order valence-electron chi connectivity index (χ0n) is 12.0. The Hall–Kier alpha value is -0.120. The predicted molar refractivity (Wildman–Crippen MR) is 72.6 cm³/mol. The van der Waals surface area contributed by atoms with Crippen LogP contribution in [0.1, 0.15) is 27.7 Å². The quantitative estimate of drug-likeness (QED) is 0.684. The van der Waals surface area contributed by atoms with E-state index in [0.29, 0.717) is 17.9 Å². The molecule has 0 spiro atoms. The van der Waals surface area contributed by atoms with Crippen LogP contribution in [0.25, 0.3) is 0 Å². The Labute approximate surface area is 102 Å². The molecule has 0 aliphatic carbocycles. The number of hydrogen-bond acceptors (Lipinski definition) is 3. The van der Waals surface area contributed by atoms with Gasteiger partial charge in [-0.1, -0.05) is 27.7 Å². The van der Waals surface area contributed by atoms with Gasteiger partial charge < -0.3 is 10.6 Å². The normalized spacial score (nSPS) is 14.4. The van der Waals surface area contributed by atoms with Crippen LogP contribution < -0.4 is 5.73 Å². The zero-order valence-corrected chi connectivity index (χ0v) is 12.0. The fraction of sp³-hybridized carbons (Fsp3) is 1.00. The molecule has 0 aromatic rings. The molecule has 1 atom stereocenters. The smallest absolute Gasteiger partial charge is 0.0242 e. The van der Waals surface area contributed by atoms with Gasteiger partial charge in [-0.2, -0.15) is 0 Å². The molecule has 0 aromatic heterocycles. The molecule has 0 aliphatic rings. The maximum absolute atomic E-state index is 5.90. The van der Waals surface area contributed by atoms with Crippen LogP contribution in [0.2, 0.25) is 0 Å². The second-order valence-corrected chi connectivity index (χ2v) is 5.74. The highest BCUT2D eigenvalue weighted by Crippen LogP contribution is 2.12. The average Bonchev–Trinajstić information content (AvgIpc) is 2.13. The minimum absolute atomic E-state index is 0.516. The first-order chi connectivity index (χ1) is 7.38. The van der Waals surface area contributed by atoms with Crippen molar-refractivity contribution in [3.05, 3.63) is 0 Å². The Bertz CT molecular complexity index is 167. The van der Waals surface area contributed by atoms with E-state index in [1.54, 1.807) is 0 Å². The molecule has 16 heavy (non-hydrogen) atoms. The Balaban J connectivity index is 4.37. The predicted octanol–water partition coefficient (Wildman–Crippen LogP) is 1.49. The monoisotopic (exact) mass is 229 g/mol. The fourth-order valence-corrected chi connectivity index (χ4v) is 2.03. The van der Waals surface area contributed by atoms with Crippen molar-refractivity contribution in [3.8, 4) is 0 Å². The van der Waals surface area contributed by atoms with Crippen molar-refractivity contribution in [2.45, 2.75) is 33.7 Å². The van der Waals surface area contributed by atoms with Gasteiger partial charge in [0, 0.05) is 32.2 Å². The Morgan fingerprint density at radius 3 is 1.88 bits per heavy atom. The molecule has 0 aromatic carbocycles. The van der Waals surface area contributed by atoms with Crippen molar-refractivity contribution in [1.29, 1.82) is 0 Å². The second kappa shape index (κ2) is 8.04. The summed E-state index contributed by atoms with van der Waals surface area (Å²) in [6.07, 6.45) is 0. The number of likely N-dealkylation sites (N-methyl/N-ethyl adjacent to an activating group) is 1. The maximum Gasteiger partial charge on any atom is 0.0242 e. The lowest BCUT2D eigenvalue weighted by Crippen LogP contribution is -2.48. The van der Waals surface area contributed by atoms with Crippen molar-refractivity contribution < 1.29 is 0 Å². The molecular formula is C13H31N3. The minimum Gasteiger partial charge on any atom is -0.329 e. The molecule has 1 unspecified atom stereocenters. The van der Waals surface area contributed by atoms with Gasteiger partial charge in [0.25, 0.3) is 0 Å². The number of rotatable bonds is 8. The Morgan fingerprint density at radius 1 is 1.00 bits per heavy atom. The van der Waals surface area contributed by atoms with Crippen LogP contribution in [-0.4, -0.2) is 56.1 Å². The lowest BCUT2D eigenvalue weighted by Gasteiger charge is -2.35. The molecule has 3 heteroatoms. The van der Waals surface area contributed by atoms with Crippen LogP contribution in [0.3, 0.4) is 0 Å². The van der Waals surface area contributed by atoms with Gasteiger partial charge in [-0.25, -0.2) is 0 Å². The van der Waals surface area contributed by atoms with Gasteiger partial charge in [0.05, 0.1) is 0 Å². The summed E-state index contributed by atoms with van der Waals surface area (Å²) in [7, 11) is 4.25. The van der Waals surface area contributed by atoms with Crippen LogP contribution >= 0.6 is 0 Å². The van der Waals surface area contributed by atoms with E-state index in [9.17, 15) is 0 Å². The maximum atomic E-state index is 5.90. The van der Waals surface area contributed by atoms with Gasteiger partial charge in [0.1, 0.15) is 0 Å². The van der Waals surface area contributed by atoms with E-state index in [0.717, 1.165) is 26.2 Å². The molecule has 98 valence electrons. The van der Waals surface area contributed by atoms with Crippen molar-refractivity contribution in [3.63, 3.8) is 0 Å². The summed E-state index contributed by atoms with van der Waals surface area (Å²) in [4.78, 5) is 4.79. The van der Waals surface area contributed by atoms with Gasteiger partial charge >= 0.3 is 0 Å². The summed E-state index contributed by atoms with van der Waals surface area (Å²) in [5.41, 5.74) is 5.90. The van der Waals surface area contributed by atoms with E-state index in [1.807, 2.05) is 0 Å². The molecule has 0 heterocycles. The highest BCUT2D eigenvalue weighted by molar-refractivity contribution is 4.77. The molecule has 3 nitrogen and oxygen atoms in total. The van der Waals surface area contributed by atoms with Crippen LogP contribution in [-0.2, 0) is 0 Å². The van der Waals surface area contributed by atoms with Crippen LogP contribution in [0, 0.1) is 11.8 Å². The van der Waals surface area contributed by atoms with Crippen LogP contribution in [0.5, 0.6) is 0 Å². The Morgan fingerprint density at radius 2 is 1.56 bits per heavy atom. The van der Waals surface area contributed by atoms with Crippen LogP contribution in [0.15, 0.2) is 0 Å². The molecule has 0 fully saturated rings. The van der Waals surface area contributed by atoms with Crippen molar-refractivity contribution in [1.82, 2.24) is 9.80 Å². The third-order valence-corrected chi connectivity index (χ3v) is 2.91. The van der Waals surface area contributed by atoms with Crippen molar-refractivity contribution in [2.24, 2.45) is 17.6 Å². The van der Waals surface area contributed by atoms with Gasteiger partial charge in [0.15, 0.2) is 0 Å². The first-order valence-corrected chi connectivity index (χ1v) is 6.47. The summed E-state index contributed by atoms with van der Waals surface area (Å²) >= 11 is 0. The SMILES string of the molecule is CC(C)CN(CCN(C)C)C(CN)C(C)C. The van der Waals surface area contributed by atoms with E-state index in [2.05, 4.69) is 51.6 Å². The highest BCUT2D eigenvalue weighted by Gasteiger charge is 2.20. The van der Waals surface area contributed by atoms with Gasteiger partial charge in [-0.05, 0) is 25.9 Å². The molecule has 0 aliphatic heterocycles. The number of nitrogens with two attached hydrogens (primary N) is 1. The van der Waals surface area contributed by atoms with E-state index in [1.165, 1.54) is 0 Å². The Kier molecular flexibility index (Phi) is 7.98. The van der Waals surface area contributed by atoms with Gasteiger partial charge in [-0.3, -0.25) is 4.90 Å². The van der Waals surface area contributed by atoms with Gasteiger partial charge in [0.2, 0.25) is 0 Å². The largest absolute Gasteiger partial charge is 0.329 e. The summed E-state index contributed by atoms with van der Waals surface area (Å²) in [6.45, 7) is 13.2. The summed E-state index contributed by atoms with van der Waals surface area (Å²) < 4.78 is 0. The molecule has 0 radical (unpaired) electrons. The molecule has 0 saturated carbocycles. The molecular weight excluding hydrogens is 198 g/mol. The molecule has 2 N–H and O–H groups in total. The number of hydrogen-bond donors (Lipinski definition) is 1. The molecule has 0 rings (SSSR count). The minimum atomic E-state index is 0.516. The highest BCUT2D eigenvalue weighted by atomic mass is 15.2. The van der Waals surface area contributed by atoms with E-state index < -0.39 is 0 Å². The first-order valence-electron chi connectivity index (χ1n) is 6.47. The molecule has 0 amide bonds. The number of nitrogens with zero attached hydrogens (tertiary/aromatic N) is 2. The van der Waals surface area contributed by atoms with Crippen molar-refractivity contribution >= 4 is 0 Å². The first kappa shape index (κ1) is 15.9. The topological polar surface area (TPSA) is 32.5 Å². The van der Waals surface area contributed by atoms with Gasteiger partial charge in [-0.15, -0.1) is 0 Å². The zero-order chi connectivity index (χ0) is 12.7. The average molecular weight is 229 g/mol. The van der Waals surface area contributed by atoms with E-state index in [4.69, 9.17) is 5.73 Å². The van der Waals surface area contributed by atoms with E-state index >= 15 is 0 Å². The molecule has 0 bridgehead atoms. The summed E-state index contributed by atoms with van der Waals surface area (Å²) in [6, 6.07) is 0.516. The lowest BCUT2D eigenvalue weighted by atomic mass is 10.0. The molecule has 0 saturated heterocycles.